The Morgan fingerprint density at radius 1 is 1.43 bits per heavy atom. The van der Waals surface area contributed by atoms with Gasteiger partial charge in [0.15, 0.2) is 0 Å². The fraction of sp³-hybridized carbons (Fsp3) is 0.667. The predicted molar refractivity (Wildman–Crippen MR) is 50.2 cm³/mol. The van der Waals surface area contributed by atoms with E-state index in [1.165, 1.54) is 0 Å². The molecule has 1 fully saturated rings. The molecule has 0 bridgehead atoms. The SMILES string of the molecule is N#Cc1ncn(C2CCC(N)CC2)n1. The highest BCUT2D eigenvalue weighted by atomic mass is 15.3. The van der Waals surface area contributed by atoms with Crippen LogP contribution in [0.2, 0.25) is 0 Å². The maximum absolute atomic E-state index is 8.58. The van der Waals surface area contributed by atoms with E-state index in [2.05, 4.69) is 10.1 Å². The van der Waals surface area contributed by atoms with Crippen LogP contribution in [0, 0.1) is 11.3 Å². The molecule has 1 saturated carbocycles. The molecule has 0 aromatic carbocycles. The summed E-state index contributed by atoms with van der Waals surface area (Å²) in [6.45, 7) is 0. The molecule has 5 nitrogen and oxygen atoms in total. The Balaban J connectivity index is 2.05. The second-order valence-electron chi connectivity index (χ2n) is 3.73. The van der Waals surface area contributed by atoms with Crippen LogP contribution in [0.5, 0.6) is 0 Å². The van der Waals surface area contributed by atoms with Crippen LogP contribution in [0.15, 0.2) is 6.33 Å². The summed E-state index contributed by atoms with van der Waals surface area (Å²) in [6, 6.07) is 2.64. The number of nitriles is 1. The van der Waals surface area contributed by atoms with Crippen LogP contribution in [0.1, 0.15) is 37.5 Å². The Morgan fingerprint density at radius 3 is 2.71 bits per heavy atom. The Bertz CT molecular complexity index is 342. The molecule has 2 N–H and O–H groups in total. The van der Waals surface area contributed by atoms with Gasteiger partial charge in [-0.3, -0.25) is 0 Å². The number of rotatable bonds is 1. The molecule has 0 amide bonds. The van der Waals surface area contributed by atoms with Crippen LogP contribution in [-0.2, 0) is 0 Å². The Hall–Kier alpha value is -1.41. The highest BCUT2D eigenvalue weighted by molar-refractivity contribution is 5.05. The van der Waals surface area contributed by atoms with Gasteiger partial charge in [0, 0.05) is 6.04 Å². The zero-order valence-corrected chi connectivity index (χ0v) is 7.93. The van der Waals surface area contributed by atoms with E-state index in [9.17, 15) is 0 Å². The number of nitrogens with two attached hydrogens (primary N) is 1. The van der Waals surface area contributed by atoms with Crippen molar-refractivity contribution in [3.63, 3.8) is 0 Å². The monoisotopic (exact) mass is 191 g/mol. The van der Waals surface area contributed by atoms with Crippen molar-refractivity contribution >= 4 is 0 Å². The van der Waals surface area contributed by atoms with Crippen LogP contribution < -0.4 is 5.73 Å². The maximum atomic E-state index is 8.58. The maximum Gasteiger partial charge on any atom is 0.252 e. The first kappa shape index (κ1) is 9.16. The van der Waals surface area contributed by atoms with Gasteiger partial charge in [0.1, 0.15) is 12.4 Å². The molecule has 0 aliphatic heterocycles. The Morgan fingerprint density at radius 2 is 2.14 bits per heavy atom. The van der Waals surface area contributed by atoms with Crippen molar-refractivity contribution in [1.29, 1.82) is 5.26 Å². The van der Waals surface area contributed by atoms with Gasteiger partial charge in [-0.2, -0.15) is 5.26 Å². The predicted octanol–water partition coefficient (Wildman–Crippen LogP) is 0.592. The normalized spacial score (nSPS) is 27.1. The number of nitrogens with zero attached hydrogens (tertiary/aromatic N) is 4. The second-order valence-corrected chi connectivity index (χ2v) is 3.73. The molecule has 0 unspecified atom stereocenters. The van der Waals surface area contributed by atoms with Crippen LogP contribution in [0.3, 0.4) is 0 Å². The Kier molecular flexibility index (Phi) is 2.46. The summed E-state index contributed by atoms with van der Waals surface area (Å²) in [7, 11) is 0. The average molecular weight is 191 g/mol. The average Bonchev–Trinajstić information content (AvgIpc) is 2.67. The molecule has 1 aromatic rings. The lowest BCUT2D eigenvalue weighted by atomic mass is 9.92. The van der Waals surface area contributed by atoms with Crippen molar-refractivity contribution < 1.29 is 0 Å². The van der Waals surface area contributed by atoms with Crippen molar-refractivity contribution in [2.75, 3.05) is 0 Å². The molecule has 74 valence electrons. The molecule has 1 aliphatic carbocycles. The molecule has 0 atom stereocenters. The lowest BCUT2D eigenvalue weighted by molar-refractivity contribution is 0.303. The summed E-state index contributed by atoms with van der Waals surface area (Å²) in [5.41, 5.74) is 5.81. The van der Waals surface area contributed by atoms with Crippen molar-refractivity contribution in [2.45, 2.75) is 37.8 Å². The summed E-state index contributed by atoms with van der Waals surface area (Å²) in [4.78, 5) is 3.89. The number of hydrogen-bond donors (Lipinski definition) is 1. The zero-order valence-electron chi connectivity index (χ0n) is 7.93. The smallest absolute Gasteiger partial charge is 0.252 e. The van der Waals surface area contributed by atoms with Crippen LogP contribution in [0.4, 0.5) is 0 Å². The molecule has 0 radical (unpaired) electrons. The van der Waals surface area contributed by atoms with Gasteiger partial charge >= 0.3 is 0 Å². The molecular formula is C9H13N5. The van der Waals surface area contributed by atoms with Crippen LogP contribution in [-0.4, -0.2) is 20.8 Å². The van der Waals surface area contributed by atoms with Gasteiger partial charge in [-0.1, -0.05) is 0 Å². The lowest BCUT2D eigenvalue weighted by Crippen LogP contribution is -2.28. The van der Waals surface area contributed by atoms with E-state index in [1.807, 2.05) is 6.07 Å². The van der Waals surface area contributed by atoms with E-state index in [0.717, 1.165) is 25.7 Å². The molecule has 1 aliphatic rings. The molecule has 1 aromatic heterocycles. The van der Waals surface area contributed by atoms with Gasteiger partial charge in [-0.05, 0) is 25.7 Å². The third-order valence-electron chi connectivity index (χ3n) is 2.72. The minimum atomic E-state index is 0.250. The summed E-state index contributed by atoms with van der Waals surface area (Å²) in [5.74, 6) is 0.250. The molecule has 14 heavy (non-hydrogen) atoms. The first-order chi connectivity index (χ1) is 6.79. The van der Waals surface area contributed by atoms with Gasteiger partial charge in [-0.15, -0.1) is 5.10 Å². The first-order valence-corrected chi connectivity index (χ1v) is 4.86. The van der Waals surface area contributed by atoms with Crippen molar-refractivity contribution in [2.24, 2.45) is 5.73 Å². The van der Waals surface area contributed by atoms with Crippen LogP contribution >= 0.6 is 0 Å². The minimum Gasteiger partial charge on any atom is -0.328 e. The summed E-state index contributed by atoms with van der Waals surface area (Å²) in [5, 5.41) is 12.7. The standard InChI is InChI=1S/C9H13N5/c10-5-9-12-6-14(13-9)8-3-1-7(11)2-4-8/h6-8H,1-4,11H2. The molecule has 1 heterocycles. The molecular weight excluding hydrogens is 178 g/mol. The minimum absolute atomic E-state index is 0.250. The fourth-order valence-corrected chi connectivity index (χ4v) is 1.87. The van der Waals surface area contributed by atoms with Gasteiger partial charge in [-0.25, -0.2) is 9.67 Å². The van der Waals surface area contributed by atoms with Crippen molar-refractivity contribution in [3.05, 3.63) is 12.2 Å². The topological polar surface area (TPSA) is 80.5 Å². The van der Waals surface area contributed by atoms with Crippen LogP contribution in [0.25, 0.3) is 0 Å². The van der Waals surface area contributed by atoms with E-state index < -0.39 is 0 Å². The van der Waals surface area contributed by atoms with Gasteiger partial charge in [0.05, 0.1) is 6.04 Å². The van der Waals surface area contributed by atoms with E-state index in [-0.39, 0.29) is 5.82 Å². The highest BCUT2D eigenvalue weighted by Crippen LogP contribution is 2.26. The molecule has 0 saturated heterocycles. The summed E-state index contributed by atoms with van der Waals surface area (Å²) < 4.78 is 1.80. The van der Waals surface area contributed by atoms with Gasteiger partial charge in [0.2, 0.25) is 0 Å². The Labute approximate surface area is 82.5 Å². The lowest BCUT2D eigenvalue weighted by Gasteiger charge is -2.25. The molecule has 5 heteroatoms. The van der Waals surface area contributed by atoms with E-state index >= 15 is 0 Å². The number of aromatic nitrogens is 3. The van der Waals surface area contributed by atoms with E-state index in [4.69, 9.17) is 11.0 Å². The zero-order chi connectivity index (χ0) is 9.97. The third-order valence-corrected chi connectivity index (χ3v) is 2.72. The van der Waals surface area contributed by atoms with E-state index in [0.29, 0.717) is 12.1 Å². The highest BCUT2D eigenvalue weighted by Gasteiger charge is 2.20. The van der Waals surface area contributed by atoms with Gasteiger partial charge < -0.3 is 5.73 Å². The molecule has 2 rings (SSSR count). The van der Waals surface area contributed by atoms with E-state index in [1.54, 1.807) is 11.0 Å². The first-order valence-electron chi connectivity index (χ1n) is 4.86. The van der Waals surface area contributed by atoms with Crippen molar-refractivity contribution in [3.8, 4) is 6.07 Å². The third kappa shape index (κ3) is 1.75. The van der Waals surface area contributed by atoms with Gasteiger partial charge in [0.25, 0.3) is 5.82 Å². The summed E-state index contributed by atoms with van der Waals surface area (Å²) in [6.07, 6.45) is 5.78. The fourth-order valence-electron chi connectivity index (χ4n) is 1.87. The quantitative estimate of drug-likeness (QED) is 0.704. The largest absolute Gasteiger partial charge is 0.328 e. The molecule has 0 spiro atoms. The number of hydrogen-bond acceptors (Lipinski definition) is 4. The van der Waals surface area contributed by atoms with Crippen molar-refractivity contribution in [1.82, 2.24) is 14.8 Å². The second kappa shape index (κ2) is 3.76. The summed E-state index contributed by atoms with van der Waals surface area (Å²) >= 11 is 0.